The molecule has 0 atom stereocenters. The van der Waals surface area contributed by atoms with Crippen molar-refractivity contribution in [2.24, 2.45) is 11.5 Å². The lowest BCUT2D eigenvalue weighted by molar-refractivity contribution is 0.477. The van der Waals surface area contributed by atoms with Gasteiger partial charge in [0.05, 0.1) is 0 Å². The van der Waals surface area contributed by atoms with Gasteiger partial charge < -0.3 is 27.1 Å². The van der Waals surface area contributed by atoms with Crippen LogP contribution in [0.15, 0.2) is 24.4 Å². The van der Waals surface area contributed by atoms with Crippen LogP contribution in [0.2, 0.25) is 0 Å². The van der Waals surface area contributed by atoms with Gasteiger partial charge in [-0.15, -0.1) is 0 Å². The van der Waals surface area contributed by atoms with E-state index in [-0.39, 0.29) is 18.2 Å². The molecule has 0 fully saturated rings. The SMILES string of the molecule is C=CN/C(N)=C(\N)N([O-])CC. The normalized spacial score (nSPS) is 11.8. The topological polar surface area (TPSA) is 90.4 Å². The van der Waals surface area contributed by atoms with Crippen LogP contribution >= 0.6 is 0 Å². The maximum atomic E-state index is 10.8. The number of hydroxylamine groups is 2. The molecule has 11 heavy (non-hydrogen) atoms. The largest absolute Gasteiger partial charge is 0.757 e. The van der Waals surface area contributed by atoms with Crippen molar-refractivity contribution >= 4 is 0 Å². The Bertz CT molecular complexity index is 166. The molecule has 5 nitrogen and oxygen atoms in total. The van der Waals surface area contributed by atoms with Gasteiger partial charge in [-0.05, 0) is 13.1 Å². The molecule has 5 N–H and O–H groups in total. The van der Waals surface area contributed by atoms with Gasteiger partial charge in [-0.1, -0.05) is 6.58 Å². The van der Waals surface area contributed by atoms with Crippen LogP contribution in [0.1, 0.15) is 6.92 Å². The monoisotopic (exact) mass is 157 g/mol. The smallest absolute Gasteiger partial charge is 0.141 e. The van der Waals surface area contributed by atoms with Crippen LogP contribution in [0.3, 0.4) is 0 Å². The lowest BCUT2D eigenvalue weighted by Gasteiger charge is -2.29. The van der Waals surface area contributed by atoms with Gasteiger partial charge in [0, 0.05) is 6.54 Å². The Morgan fingerprint density at radius 1 is 1.73 bits per heavy atom. The summed E-state index contributed by atoms with van der Waals surface area (Å²) in [4.78, 5) is 0. The molecule has 0 saturated carbocycles. The average Bonchev–Trinajstić information content (AvgIpc) is 2.02. The van der Waals surface area contributed by atoms with Crippen molar-refractivity contribution in [2.75, 3.05) is 6.54 Å². The zero-order chi connectivity index (χ0) is 8.85. The first kappa shape index (κ1) is 9.64. The molecule has 0 aromatic rings. The molecule has 0 aliphatic rings. The van der Waals surface area contributed by atoms with E-state index >= 15 is 0 Å². The van der Waals surface area contributed by atoms with Gasteiger partial charge >= 0.3 is 0 Å². The number of hydrogen-bond donors (Lipinski definition) is 3. The number of hydrogen-bond acceptors (Lipinski definition) is 5. The summed E-state index contributed by atoms with van der Waals surface area (Å²) in [6, 6.07) is 0. The van der Waals surface area contributed by atoms with Gasteiger partial charge in [0.25, 0.3) is 0 Å². The predicted octanol–water partition coefficient (Wildman–Crippen LogP) is -0.417. The summed E-state index contributed by atoms with van der Waals surface area (Å²) in [5.74, 6) is 0.101. The molecule has 0 bridgehead atoms. The minimum Gasteiger partial charge on any atom is -0.757 e. The van der Waals surface area contributed by atoms with Crippen LogP contribution in [0.5, 0.6) is 0 Å². The molecule has 0 aliphatic heterocycles. The van der Waals surface area contributed by atoms with Crippen molar-refractivity contribution in [1.29, 1.82) is 0 Å². The predicted molar refractivity (Wildman–Crippen MR) is 44.5 cm³/mol. The molecule has 0 unspecified atom stereocenters. The fraction of sp³-hybridized carbons (Fsp3) is 0.333. The van der Waals surface area contributed by atoms with Crippen LogP contribution < -0.4 is 16.8 Å². The summed E-state index contributed by atoms with van der Waals surface area (Å²) >= 11 is 0. The number of nitrogens with one attached hydrogen (secondary N) is 1. The first-order valence-electron chi connectivity index (χ1n) is 3.20. The van der Waals surface area contributed by atoms with Crippen LogP contribution in [0, 0.1) is 5.21 Å². The second-order valence-electron chi connectivity index (χ2n) is 1.84. The van der Waals surface area contributed by atoms with Crippen molar-refractivity contribution in [3.63, 3.8) is 0 Å². The van der Waals surface area contributed by atoms with E-state index in [4.69, 9.17) is 11.5 Å². The minimum absolute atomic E-state index is 0.0209. The molecule has 0 spiro atoms. The number of rotatable bonds is 4. The average molecular weight is 157 g/mol. The van der Waals surface area contributed by atoms with Crippen molar-refractivity contribution in [2.45, 2.75) is 6.92 Å². The Morgan fingerprint density at radius 3 is 2.64 bits per heavy atom. The van der Waals surface area contributed by atoms with Gasteiger partial charge in [0.15, 0.2) is 0 Å². The van der Waals surface area contributed by atoms with Gasteiger partial charge in [0.1, 0.15) is 11.6 Å². The zero-order valence-electron chi connectivity index (χ0n) is 6.50. The molecule has 0 rings (SSSR count). The highest BCUT2D eigenvalue weighted by atomic mass is 16.5. The van der Waals surface area contributed by atoms with Crippen LogP contribution in [-0.2, 0) is 0 Å². The van der Waals surface area contributed by atoms with E-state index in [1.807, 2.05) is 0 Å². The Morgan fingerprint density at radius 2 is 2.27 bits per heavy atom. The lowest BCUT2D eigenvalue weighted by Crippen LogP contribution is -2.30. The van der Waals surface area contributed by atoms with E-state index < -0.39 is 0 Å². The molecular formula is C6H13N4O-. The summed E-state index contributed by atoms with van der Waals surface area (Å²) in [5, 5.41) is 13.9. The molecule has 0 amide bonds. The molecule has 0 aromatic carbocycles. The van der Waals surface area contributed by atoms with Crippen LogP contribution in [-0.4, -0.2) is 11.6 Å². The van der Waals surface area contributed by atoms with Gasteiger partial charge in [0.2, 0.25) is 0 Å². The molecular weight excluding hydrogens is 144 g/mol. The summed E-state index contributed by atoms with van der Waals surface area (Å²) < 4.78 is 0. The highest BCUT2D eigenvalue weighted by molar-refractivity contribution is 5.06. The molecule has 0 aliphatic carbocycles. The summed E-state index contributed by atoms with van der Waals surface area (Å²) in [7, 11) is 0. The van der Waals surface area contributed by atoms with Crippen LogP contribution in [0.4, 0.5) is 0 Å². The number of nitrogens with zero attached hydrogens (tertiary/aromatic N) is 1. The third-order valence-corrected chi connectivity index (χ3v) is 1.09. The molecule has 0 heterocycles. The number of nitrogens with two attached hydrogens (primary N) is 2. The van der Waals surface area contributed by atoms with Crippen molar-refractivity contribution < 1.29 is 0 Å². The standard InChI is InChI=1S/C6H13N4O/c1-3-9-5(7)6(8)10(11)4-2/h3,9H,1,4,7-8H2,2H3/q-1/b6-5+. The lowest BCUT2D eigenvalue weighted by atomic mass is 10.6. The second-order valence-corrected chi connectivity index (χ2v) is 1.84. The second kappa shape index (κ2) is 4.45. The summed E-state index contributed by atoms with van der Waals surface area (Å²) in [6.07, 6.45) is 1.35. The molecule has 0 saturated heterocycles. The molecule has 0 radical (unpaired) electrons. The Hall–Kier alpha value is -1.36. The third-order valence-electron chi connectivity index (χ3n) is 1.09. The Labute approximate surface area is 65.9 Å². The minimum atomic E-state index is -0.0209. The fourth-order valence-corrected chi connectivity index (χ4v) is 0.489. The van der Waals surface area contributed by atoms with E-state index in [1.54, 1.807) is 6.92 Å². The highest BCUT2D eigenvalue weighted by Crippen LogP contribution is 1.94. The van der Waals surface area contributed by atoms with Crippen LogP contribution in [0.25, 0.3) is 0 Å². The van der Waals surface area contributed by atoms with Crippen molar-refractivity contribution in [3.05, 3.63) is 29.6 Å². The molecule has 64 valence electrons. The molecule has 5 heteroatoms. The Balaban J connectivity index is 4.24. The Kier molecular flexibility index (Phi) is 3.90. The van der Waals surface area contributed by atoms with E-state index in [0.29, 0.717) is 5.06 Å². The fourth-order valence-electron chi connectivity index (χ4n) is 0.489. The van der Waals surface area contributed by atoms with E-state index in [9.17, 15) is 5.21 Å². The highest BCUT2D eigenvalue weighted by Gasteiger charge is 1.95. The summed E-state index contributed by atoms with van der Waals surface area (Å²) in [6.45, 7) is 5.32. The van der Waals surface area contributed by atoms with E-state index in [2.05, 4.69) is 11.9 Å². The quantitative estimate of drug-likeness (QED) is 0.482. The first-order chi connectivity index (χ1) is 5.13. The first-order valence-corrected chi connectivity index (χ1v) is 3.20. The summed E-state index contributed by atoms with van der Waals surface area (Å²) in [5.41, 5.74) is 10.6. The zero-order valence-corrected chi connectivity index (χ0v) is 6.50. The maximum absolute atomic E-state index is 10.8. The van der Waals surface area contributed by atoms with E-state index in [1.165, 1.54) is 6.20 Å². The van der Waals surface area contributed by atoms with Gasteiger partial charge in [-0.3, -0.25) is 0 Å². The van der Waals surface area contributed by atoms with Gasteiger partial charge in [-0.25, -0.2) is 0 Å². The third kappa shape index (κ3) is 2.81. The van der Waals surface area contributed by atoms with Gasteiger partial charge in [-0.2, -0.15) is 0 Å². The van der Waals surface area contributed by atoms with Crippen molar-refractivity contribution in [3.8, 4) is 0 Å². The van der Waals surface area contributed by atoms with Crippen molar-refractivity contribution in [1.82, 2.24) is 10.4 Å². The molecule has 0 aromatic heterocycles. The maximum Gasteiger partial charge on any atom is 0.141 e. The van der Waals surface area contributed by atoms with E-state index in [0.717, 1.165) is 0 Å².